The van der Waals surface area contributed by atoms with Crippen LogP contribution in [-0.2, 0) is 4.79 Å². The van der Waals surface area contributed by atoms with E-state index in [4.69, 9.17) is 0 Å². The molecule has 2 rings (SSSR count). The van der Waals surface area contributed by atoms with Crippen LogP contribution in [0.3, 0.4) is 0 Å². The number of nitrogens with zero attached hydrogens (tertiary/aromatic N) is 1. The molecule has 5 heteroatoms. The van der Waals surface area contributed by atoms with Gasteiger partial charge in [-0.15, -0.1) is 0 Å². The van der Waals surface area contributed by atoms with Crippen LogP contribution < -0.4 is 10.9 Å². The average Bonchev–Trinajstić information content (AvgIpc) is 2.58. The molecule has 0 aliphatic rings. The Bertz CT molecular complexity index is 610. The third-order valence-electron chi connectivity index (χ3n) is 2.30. The van der Waals surface area contributed by atoms with Crippen molar-refractivity contribution in [2.75, 3.05) is 5.32 Å². The number of amides is 1. The second-order valence-corrected chi connectivity index (χ2v) is 3.81. The minimum absolute atomic E-state index is 0.152. The lowest BCUT2D eigenvalue weighted by molar-refractivity contribution is -0.114. The summed E-state index contributed by atoms with van der Waals surface area (Å²) in [6.07, 6.45) is 0. The SMILES string of the molecule is CC(=O)Nc1ccccc1-n1[nH]c(C)cc1=O. The highest BCUT2D eigenvalue weighted by Gasteiger charge is 2.08. The zero-order chi connectivity index (χ0) is 12.4. The predicted octanol–water partition coefficient (Wildman–Crippen LogP) is 1.43. The van der Waals surface area contributed by atoms with Crippen molar-refractivity contribution in [1.82, 2.24) is 9.78 Å². The number of carbonyl (C=O) groups is 1. The Morgan fingerprint density at radius 1 is 1.35 bits per heavy atom. The lowest BCUT2D eigenvalue weighted by Crippen LogP contribution is -2.17. The van der Waals surface area contributed by atoms with Gasteiger partial charge in [0.05, 0.1) is 11.4 Å². The number of rotatable bonds is 2. The Labute approximate surface area is 98.1 Å². The van der Waals surface area contributed by atoms with Crippen LogP contribution in [0.1, 0.15) is 12.6 Å². The van der Waals surface area contributed by atoms with Gasteiger partial charge in [0.1, 0.15) is 0 Å². The normalized spacial score (nSPS) is 10.2. The number of carbonyl (C=O) groups excluding carboxylic acids is 1. The fraction of sp³-hybridized carbons (Fsp3) is 0.167. The summed E-state index contributed by atoms with van der Waals surface area (Å²) in [6, 6.07) is 8.63. The van der Waals surface area contributed by atoms with Crippen molar-refractivity contribution in [3.63, 3.8) is 0 Å². The average molecular weight is 231 g/mol. The van der Waals surface area contributed by atoms with Gasteiger partial charge >= 0.3 is 0 Å². The third-order valence-corrected chi connectivity index (χ3v) is 2.30. The summed E-state index contributed by atoms with van der Waals surface area (Å²) in [5, 5.41) is 5.62. The second-order valence-electron chi connectivity index (χ2n) is 3.81. The number of nitrogens with one attached hydrogen (secondary N) is 2. The molecule has 0 spiro atoms. The minimum atomic E-state index is -0.172. The van der Waals surface area contributed by atoms with Crippen LogP contribution in [0.2, 0.25) is 0 Å². The molecule has 0 aliphatic carbocycles. The van der Waals surface area contributed by atoms with Crippen molar-refractivity contribution in [2.24, 2.45) is 0 Å². The van der Waals surface area contributed by atoms with Crippen molar-refractivity contribution in [1.29, 1.82) is 0 Å². The van der Waals surface area contributed by atoms with Crippen LogP contribution in [0.25, 0.3) is 5.69 Å². The quantitative estimate of drug-likeness (QED) is 0.821. The molecule has 2 aromatic rings. The minimum Gasteiger partial charge on any atom is -0.324 e. The van der Waals surface area contributed by atoms with Crippen LogP contribution in [0.15, 0.2) is 35.1 Å². The van der Waals surface area contributed by atoms with E-state index >= 15 is 0 Å². The highest BCUT2D eigenvalue weighted by atomic mass is 16.1. The molecule has 88 valence electrons. The van der Waals surface area contributed by atoms with Gasteiger partial charge in [-0.1, -0.05) is 12.1 Å². The van der Waals surface area contributed by atoms with Gasteiger partial charge < -0.3 is 5.32 Å². The maximum absolute atomic E-state index is 11.7. The fourth-order valence-corrected chi connectivity index (χ4v) is 1.66. The Hall–Kier alpha value is -2.30. The van der Waals surface area contributed by atoms with Gasteiger partial charge in [-0.05, 0) is 19.1 Å². The molecule has 17 heavy (non-hydrogen) atoms. The van der Waals surface area contributed by atoms with Gasteiger partial charge in [-0.2, -0.15) is 0 Å². The molecule has 0 aliphatic heterocycles. The zero-order valence-electron chi connectivity index (χ0n) is 9.65. The van der Waals surface area contributed by atoms with Gasteiger partial charge in [0.2, 0.25) is 5.91 Å². The first-order chi connectivity index (χ1) is 8.08. The molecule has 5 nitrogen and oxygen atoms in total. The zero-order valence-corrected chi connectivity index (χ0v) is 9.65. The van der Waals surface area contributed by atoms with Gasteiger partial charge in [0, 0.05) is 18.7 Å². The van der Waals surface area contributed by atoms with Crippen molar-refractivity contribution in [2.45, 2.75) is 13.8 Å². The first kappa shape index (κ1) is 11.2. The van der Waals surface area contributed by atoms with E-state index in [1.165, 1.54) is 17.7 Å². The summed E-state index contributed by atoms with van der Waals surface area (Å²) >= 11 is 0. The number of anilines is 1. The first-order valence-corrected chi connectivity index (χ1v) is 5.23. The molecule has 1 aromatic carbocycles. The van der Waals surface area contributed by atoms with E-state index in [9.17, 15) is 9.59 Å². The first-order valence-electron chi connectivity index (χ1n) is 5.23. The maximum Gasteiger partial charge on any atom is 0.271 e. The van der Waals surface area contributed by atoms with Crippen molar-refractivity contribution >= 4 is 11.6 Å². The van der Waals surface area contributed by atoms with E-state index in [2.05, 4.69) is 10.4 Å². The number of H-pyrrole nitrogens is 1. The summed E-state index contributed by atoms with van der Waals surface area (Å²) < 4.78 is 1.40. The lowest BCUT2D eigenvalue weighted by atomic mass is 10.2. The van der Waals surface area contributed by atoms with Gasteiger partial charge in [-0.3, -0.25) is 14.7 Å². The molecule has 1 amide bonds. The summed E-state index contributed by atoms with van der Waals surface area (Å²) in [5.41, 5.74) is 1.85. The Balaban J connectivity index is 2.55. The molecule has 0 saturated heterocycles. The van der Waals surface area contributed by atoms with Crippen molar-refractivity contribution in [3.05, 3.63) is 46.4 Å². The summed E-state index contributed by atoms with van der Waals surface area (Å²) in [5.74, 6) is -0.172. The van der Waals surface area contributed by atoms with Crippen LogP contribution in [0, 0.1) is 6.92 Å². The molecule has 0 unspecified atom stereocenters. The molecule has 1 heterocycles. The number of hydrogen-bond donors (Lipinski definition) is 2. The molecule has 0 atom stereocenters. The number of aromatic nitrogens is 2. The summed E-state index contributed by atoms with van der Waals surface area (Å²) in [6.45, 7) is 3.23. The van der Waals surface area contributed by atoms with E-state index in [0.717, 1.165) is 5.69 Å². The number of benzene rings is 1. The van der Waals surface area contributed by atoms with Crippen molar-refractivity contribution < 1.29 is 4.79 Å². The Kier molecular flexibility index (Phi) is 2.82. The molecular formula is C12H13N3O2. The predicted molar refractivity (Wildman–Crippen MR) is 65.4 cm³/mol. The highest BCUT2D eigenvalue weighted by molar-refractivity contribution is 5.90. The summed E-state index contributed by atoms with van der Waals surface area (Å²) in [7, 11) is 0. The topological polar surface area (TPSA) is 66.9 Å². The van der Waals surface area contributed by atoms with E-state index in [1.807, 2.05) is 6.07 Å². The second kappa shape index (κ2) is 4.29. The van der Waals surface area contributed by atoms with Crippen LogP contribution in [0.4, 0.5) is 5.69 Å². The molecule has 2 N–H and O–H groups in total. The molecule has 0 fully saturated rings. The number of aromatic amines is 1. The van der Waals surface area contributed by atoms with E-state index in [1.54, 1.807) is 25.1 Å². The van der Waals surface area contributed by atoms with E-state index < -0.39 is 0 Å². The van der Waals surface area contributed by atoms with E-state index in [0.29, 0.717) is 11.4 Å². The fourth-order valence-electron chi connectivity index (χ4n) is 1.66. The standard InChI is InChI=1S/C12H13N3O2/c1-8-7-12(17)15(14-8)11-6-4-3-5-10(11)13-9(2)16/h3-7,14H,1-2H3,(H,13,16). The summed E-state index contributed by atoms with van der Waals surface area (Å²) in [4.78, 5) is 22.8. The molecule has 0 saturated carbocycles. The molecule has 0 bridgehead atoms. The number of aryl methyl sites for hydroxylation is 1. The highest BCUT2D eigenvalue weighted by Crippen LogP contribution is 2.17. The lowest BCUT2D eigenvalue weighted by Gasteiger charge is -2.09. The molecule has 1 aromatic heterocycles. The Morgan fingerprint density at radius 2 is 2.06 bits per heavy atom. The number of hydrogen-bond acceptors (Lipinski definition) is 2. The van der Waals surface area contributed by atoms with Crippen LogP contribution in [0.5, 0.6) is 0 Å². The Morgan fingerprint density at radius 3 is 2.65 bits per heavy atom. The maximum atomic E-state index is 11.7. The van der Waals surface area contributed by atoms with Crippen molar-refractivity contribution in [3.8, 4) is 5.69 Å². The van der Waals surface area contributed by atoms with Gasteiger partial charge in [0.25, 0.3) is 5.56 Å². The van der Waals surface area contributed by atoms with Crippen LogP contribution in [-0.4, -0.2) is 15.7 Å². The van der Waals surface area contributed by atoms with Crippen LogP contribution >= 0.6 is 0 Å². The third kappa shape index (κ3) is 2.28. The van der Waals surface area contributed by atoms with E-state index in [-0.39, 0.29) is 11.5 Å². The largest absolute Gasteiger partial charge is 0.324 e. The molecular weight excluding hydrogens is 218 g/mol. The van der Waals surface area contributed by atoms with Gasteiger partial charge in [0.15, 0.2) is 0 Å². The van der Waals surface area contributed by atoms with Gasteiger partial charge in [-0.25, -0.2) is 4.68 Å². The smallest absolute Gasteiger partial charge is 0.271 e. The monoisotopic (exact) mass is 231 g/mol. The number of para-hydroxylation sites is 2. The molecule has 0 radical (unpaired) electrons.